The van der Waals surface area contributed by atoms with Gasteiger partial charge in [-0.3, -0.25) is 14.7 Å². The molecule has 8 heteroatoms. The SMILES string of the molecule is COc1ccc(OC)c(CC(=O)Nc2cccc(CCc3cn[nH]c3C(N)=O)c2)c1. The minimum Gasteiger partial charge on any atom is -0.497 e. The summed E-state index contributed by atoms with van der Waals surface area (Å²) in [6.07, 6.45) is 3.04. The molecule has 156 valence electrons. The highest BCUT2D eigenvalue weighted by Gasteiger charge is 2.12. The number of rotatable bonds is 9. The molecule has 0 spiro atoms. The van der Waals surface area contributed by atoms with Gasteiger partial charge >= 0.3 is 0 Å². The van der Waals surface area contributed by atoms with E-state index in [1.807, 2.05) is 24.3 Å². The van der Waals surface area contributed by atoms with Gasteiger partial charge in [-0.15, -0.1) is 0 Å². The van der Waals surface area contributed by atoms with Crippen molar-refractivity contribution in [1.82, 2.24) is 10.2 Å². The van der Waals surface area contributed by atoms with Gasteiger partial charge in [-0.2, -0.15) is 5.10 Å². The number of benzene rings is 2. The maximum atomic E-state index is 12.6. The summed E-state index contributed by atoms with van der Waals surface area (Å²) in [5, 5.41) is 9.41. The molecule has 3 aromatic rings. The number of carbonyl (C=O) groups is 2. The molecule has 0 radical (unpaired) electrons. The number of aromatic nitrogens is 2. The van der Waals surface area contributed by atoms with Gasteiger partial charge in [-0.05, 0) is 48.7 Å². The zero-order valence-electron chi connectivity index (χ0n) is 16.9. The van der Waals surface area contributed by atoms with E-state index >= 15 is 0 Å². The zero-order chi connectivity index (χ0) is 21.5. The summed E-state index contributed by atoms with van der Waals surface area (Å²) < 4.78 is 10.6. The van der Waals surface area contributed by atoms with Crippen LogP contribution < -0.4 is 20.5 Å². The largest absolute Gasteiger partial charge is 0.497 e. The Hall–Kier alpha value is -3.81. The van der Waals surface area contributed by atoms with Crippen LogP contribution in [0.15, 0.2) is 48.7 Å². The summed E-state index contributed by atoms with van der Waals surface area (Å²) >= 11 is 0. The van der Waals surface area contributed by atoms with Crippen LogP contribution in [0.3, 0.4) is 0 Å². The van der Waals surface area contributed by atoms with Crippen molar-refractivity contribution in [2.75, 3.05) is 19.5 Å². The van der Waals surface area contributed by atoms with E-state index in [1.54, 1.807) is 38.6 Å². The molecule has 0 atom stereocenters. The molecular formula is C22H24N4O4. The molecule has 0 aliphatic rings. The molecule has 0 unspecified atom stereocenters. The van der Waals surface area contributed by atoms with Crippen LogP contribution in [0.1, 0.15) is 27.2 Å². The first kappa shape index (κ1) is 20.9. The fourth-order valence-electron chi connectivity index (χ4n) is 3.20. The van der Waals surface area contributed by atoms with E-state index in [1.165, 1.54) is 0 Å². The van der Waals surface area contributed by atoms with Crippen LogP contribution in [0.25, 0.3) is 0 Å². The number of anilines is 1. The van der Waals surface area contributed by atoms with Crippen molar-refractivity contribution in [1.29, 1.82) is 0 Å². The molecule has 0 saturated heterocycles. The first-order valence-electron chi connectivity index (χ1n) is 9.42. The number of methoxy groups -OCH3 is 2. The number of nitrogens with zero attached hydrogens (tertiary/aromatic N) is 1. The summed E-state index contributed by atoms with van der Waals surface area (Å²) in [6, 6.07) is 12.9. The van der Waals surface area contributed by atoms with Gasteiger partial charge in [-0.25, -0.2) is 0 Å². The number of aromatic amines is 1. The summed E-state index contributed by atoms with van der Waals surface area (Å²) in [4.78, 5) is 23.9. The Bertz CT molecular complexity index is 1050. The fraction of sp³-hybridized carbons (Fsp3) is 0.227. The molecule has 30 heavy (non-hydrogen) atoms. The number of hydrogen-bond donors (Lipinski definition) is 3. The fourth-order valence-corrected chi connectivity index (χ4v) is 3.20. The van der Waals surface area contributed by atoms with Gasteiger partial charge in [0.2, 0.25) is 5.91 Å². The Labute approximate surface area is 174 Å². The Morgan fingerprint density at radius 3 is 2.63 bits per heavy atom. The predicted octanol–water partition coefficient (Wildman–Crippen LogP) is 2.49. The second-order valence-corrected chi connectivity index (χ2v) is 6.74. The van der Waals surface area contributed by atoms with Gasteiger partial charge in [0.05, 0.1) is 26.8 Å². The van der Waals surface area contributed by atoms with Gasteiger partial charge in [0, 0.05) is 16.8 Å². The summed E-state index contributed by atoms with van der Waals surface area (Å²) in [7, 11) is 3.14. The highest BCUT2D eigenvalue weighted by Crippen LogP contribution is 2.25. The highest BCUT2D eigenvalue weighted by molar-refractivity contribution is 5.93. The van der Waals surface area contributed by atoms with Crippen molar-refractivity contribution < 1.29 is 19.1 Å². The van der Waals surface area contributed by atoms with Crippen LogP contribution >= 0.6 is 0 Å². The topological polar surface area (TPSA) is 119 Å². The second kappa shape index (κ2) is 9.60. The summed E-state index contributed by atoms with van der Waals surface area (Å²) in [6.45, 7) is 0. The molecule has 2 amide bonds. The van der Waals surface area contributed by atoms with E-state index in [-0.39, 0.29) is 12.3 Å². The highest BCUT2D eigenvalue weighted by atomic mass is 16.5. The van der Waals surface area contributed by atoms with E-state index in [4.69, 9.17) is 15.2 Å². The maximum absolute atomic E-state index is 12.6. The zero-order valence-corrected chi connectivity index (χ0v) is 16.9. The molecule has 1 heterocycles. The Morgan fingerprint density at radius 1 is 1.07 bits per heavy atom. The van der Waals surface area contributed by atoms with E-state index in [0.29, 0.717) is 35.7 Å². The van der Waals surface area contributed by atoms with Gasteiger partial charge in [0.25, 0.3) is 5.91 Å². The first-order chi connectivity index (χ1) is 14.5. The lowest BCUT2D eigenvalue weighted by Gasteiger charge is -2.11. The molecule has 8 nitrogen and oxygen atoms in total. The lowest BCUT2D eigenvalue weighted by Crippen LogP contribution is -2.15. The van der Waals surface area contributed by atoms with Gasteiger partial charge in [-0.1, -0.05) is 12.1 Å². The third-order valence-electron chi connectivity index (χ3n) is 4.70. The molecule has 0 aliphatic heterocycles. The molecule has 0 fully saturated rings. The van der Waals surface area contributed by atoms with Crippen LogP contribution in [0.5, 0.6) is 11.5 Å². The molecule has 0 bridgehead atoms. The number of aryl methyl sites for hydroxylation is 2. The standard InChI is InChI=1S/C22H24N4O4/c1-29-18-8-9-19(30-2)16(11-18)12-20(27)25-17-5-3-4-14(10-17)6-7-15-13-24-26-21(15)22(23)28/h3-5,8-11,13H,6-7,12H2,1-2H3,(H2,23,28)(H,24,26)(H,25,27). The average molecular weight is 408 g/mol. The first-order valence-corrected chi connectivity index (χ1v) is 9.42. The van der Waals surface area contributed by atoms with Crippen LogP contribution in [0.2, 0.25) is 0 Å². The monoisotopic (exact) mass is 408 g/mol. The number of nitrogens with two attached hydrogens (primary N) is 1. The summed E-state index contributed by atoms with van der Waals surface area (Å²) in [5.74, 6) is 0.598. The lowest BCUT2D eigenvalue weighted by atomic mass is 10.0. The van der Waals surface area contributed by atoms with Crippen LogP contribution in [-0.2, 0) is 24.1 Å². The predicted molar refractivity (Wildman–Crippen MR) is 113 cm³/mol. The van der Waals surface area contributed by atoms with E-state index in [9.17, 15) is 9.59 Å². The Balaban J connectivity index is 1.64. The molecule has 0 saturated carbocycles. The normalized spacial score (nSPS) is 10.5. The van der Waals surface area contributed by atoms with Crippen LogP contribution in [-0.4, -0.2) is 36.2 Å². The number of carbonyl (C=O) groups excluding carboxylic acids is 2. The number of ether oxygens (including phenoxy) is 2. The van der Waals surface area contributed by atoms with Gasteiger partial charge in [0.1, 0.15) is 17.2 Å². The molecule has 1 aromatic heterocycles. The Morgan fingerprint density at radius 2 is 1.90 bits per heavy atom. The molecular weight excluding hydrogens is 384 g/mol. The van der Waals surface area contributed by atoms with Crippen molar-refractivity contribution >= 4 is 17.5 Å². The summed E-state index contributed by atoms with van der Waals surface area (Å²) in [5.41, 5.74) is 8.88. The van der Waals surface area contributed by atoms with Gasteiger partial charge in [0.15, 0.2) is 0 Å². The van der Waals surface area contributed by atoms with E-state index in [0.717, 1.165) is 16.7 Å². The third kappa shape index (κ3) is 5.16. The second-order valence-electron chi connectivity index (χ2n) is 6.74. The number of amides is 2. The molecule has 4 N–H and O–H groups in total. The number of H-pyrrole nitrogens is 1. The van der Waals surface area contributed by atoms with Gasteiger partial charge < -0.3 is 20.5 Å². The third-order valence-corrected chi connectivity index (χ3v) is 4.70. The minimum atomic E-state index is -0.531. The van der Waals surface area contributed by atoms with E-state index < -0.39 is 5.91 Å². The minimum absolute atomic E-state index is 0.154. The molecule has 0 aliphatic carbocycles. The van der Waals surface area contributed by atoms with Crippen molar-refractivity contribution in [2.24, 2.45) is 5.73 Å². The van der Waals surface area contributed by atoms with Crippen molar-refractivity contribution in [3.63, 3.8) is 0 Å². The van der Waals surface area contributed by atoms with Crippen molar-refractivity contribution in [2.45, 2.75) is 19.3 Å². The average Bonchev–Trinajstić information content (AvgIpc) is 3.21. The maximum Gasteiger partial charge on any atom is 0.266 e. The molecule has 3 rings (SSSR count). The van der Waals surface area contributed by atoms with Crippen molar-refractivity contribution in [3.8, 4) is 11.5 Å². The Kier molecular flexibility index (Phi) is 6.69. The smallest absolute Gasteiger partial charge is 0.266 e. The lowest BCUT2D eigenvalue weighted by molar-refractivity contribution is -0.115. The number of hydrogen-bond acceptors (Lipinski definition) is 5. The number of nitrogens with one attached hydrogen (secondary N) is 2. The van der Waals surface area contributed by atoms with Crippen LogP contribution in [0.4, 0.5) is 5.69 Å². The van der Waals surface area contributed by atoms with Crippen molar-refractivity contribution in [3.05, 3.63) is 71.0 Å². The van der Waals surface area contributed by atoms with Crippen LogP contribution in [0, 0.1) is 0 Å². The quantitative estimate of drug-likeness (QED) is 0.503. The number of primary amides is 1. The van der Waals surface area contributed by atoms with E-state index in [2.05, 4.69) is 15.5 Å². The molecule has 2 aromatic carbocycles.